The van der Waals surface area contributed by atoms with Crippen LogP contribution in [-0.2, 0) is 27.6 Å². The Balaban J connectivity index is 1.19. The number of likely N-dealkylation sites (tertiary alicyclic amines) is 1. The van der Waals surface area contributed by atoms with E-state index in [0.717, 1.165) is 29.7 Å². The maximum atomic E-state index is 12.5. The van der Waals surface area contributed by atoms with Crippen LogP contribution in [-0.4, -0.2) is 41.7 Å². The first kappa shape index (κ1) is 23.4. The van der Waals surface area contributed by atoms with Gasteiger partial charge in [0.2, 0.25) is 0 Å². The van der Waals surface area contributed by atoms with E-state index < -0.39 is 0 Å². The van der Waals surface area contributed by atoms with Crippen molar-refractivity contribution < 1.29 is 0 Å². The number of hydrogen-bond donors (Lipinski definition) is 0. The van der Waals surface area contributed by atoms with Gasteiger partial charge in [-0.25, -0.2) is 9.78 Å². The van der Waals surface area contributed by atoms with E-state index in [9.17, 15) is 9.59 Å². The summed E-state index contributed by atoms with van der Waals surface area (Å²) < 4.78 is 4.46. The first-order chi connectivity index (χ1) is 16.0. The van der Waals surface area contributed by atoms with Gasteiger partial charge in [-0.1, -0.05) is 31.7 Å². The van der Waals surface area contributed by atoms with E-state index in [1.54, 1.807) is 7.05 Å². The zero-order valence-corrected chi connectivity index (χ0v) is 20.2. The molecule has 0 spiro atoms. The molecule has 4 heterocycles. The first-order valence-corrected chi connectivity index (χ1v) is 12.2. The number of unbranched alkanes of at least 4 members (excludes halogenated alkanes) is 5. The number of imidazole rings is 1. The summed E-state index contributed by atoms with van der Waals surface area (Å²) >= 11 is 0. The van der Waals surface area contributed by atoms with Gasteiger partial charge in [0.25, 0.3) is 5.56 Å². The van der Waals surface area contributed by atoms with E-state index >= 15 is 0 Å². The second-order valence-corrected chi connectivity index (χ2v) is 9.32. The van der Waals surface area contributed by atoms with Crippen LogP contribution in [0.15, 0.2) is 34.1 Å². The fourth-order valence-corrected chi connectivity index (χ4v) is 5.14. The Kier molecular flexibility index (Phi) is 7.42. The van der Waals surface area contributed by atoms with Crippen molar-refractivity contribution in [1.82, 2.24) is 28.6 Å². The van der Waals surface area contributed by atoms with Crippen molar-refractivity contribution in [1.29, 1.82) is 0 Å². The molecule has 0 aromatic carbocycles. The van der Waals surface area contributed by atoms with Gasteiger partial charge in [0.1, 0.15) is 5.82 Å². The fraction of sp³-hybridized carbons (Fsp3) is 0.600. The Hall–Kier alpha value is -2.74. The molecule has 3 aromatic rings. The summed E-state index contributed by atoms with van der Waals surface area (Å²) in [6.45, 7) is 2.37. The van der Waals surface area contributed by atoms with Crippen molar-refractivity contribution in [3.05, 3.63) is 56.8 Å². The molecule has 1 aliphatic heterocycles. The van der Waals surface area contributed by atoms with Crippen LogP contribution in [0, 0.1) is 0 Å². The molecule has 1 saturated heterocycles. The molecule has 4 rings (SSSR count). The Labute approximate surface area is 194 Å². The molecule has 1 fully saturated rings. The maximum Gasteiger partial charge on any atom is 0.332 e. The average Bonchev–Trinajstić information content (AvgIpc) is 3.43. The van der Waals surface area contributed by atoms with Crippen LogP contribution in [0.5, 0.6) is 0 Å². The molecule has 1 unspecified atom stereocenters. The van der Waals surface area contributed by atoms with Crippen LogP contribution in [0.3, 0.4) is 0 Å². The monoisotopic (exact) mass is 452 g/mol. The second kappa shape index (κ2) is 10.5. The summed E-state index contributed by atoms with van der Waals surface area (Å²) in [5.74, 6) is 0.874. The van der Waals surface area contributed by atoms with Crippen LogP contribution < -0.4 is 11.2 Å². The van der Waals surface area contributed by atoms with Gasteiger partial charge in [0, 0.05) is 46.0 Å². The summed E-state index contributed by atoms with van der Waals surface area (Å²) in [5, 5.41) is 0. The van der Waals surface area contributed by atoms with Gasteiger partial charge in [0.15, 0.2) is 11.2 Å². The molecule has 0 aliphatic carbocycles. The van der Waals surface area contributed by atoms with E-state index in [4.69, 9.17) is 0 Å². The van der Waals surface area contributed by atoms with Gasteiger partial charge < -0.3 is 4.57 Å². The molecule has 8 nitrogen and oxygen atoms in total. The Morgan fingerprint density at radius 1 is 0.970 bits per heavy atom. The number of hydrogen-bond acceptors (Lipinski definition) is 5. The van der Waals surface area contributed by atoms with Gasteiger partial charge in [-0.15, -0.1) is 0 Å². The lowest BCUT2D eigenvalue weighted by Gasteiger charge is -2.24. The highest BCUT2D eigenvalue weighted by Gasteiger charge is 2.25. The highest BCUT2D eigenvalue weighted by molar-refractivity contribution is 5.70. The topological polar surface area (TPSA) is 78.0 Å². The summed E-state index contributed by atoms with van der Waals surface area (Å²) in [6, 6.07) is 4.79. The molecule has 3 aromatic heterocycles. The molecule has 0 radical (unpaired) electrons. The maximum absolute atomic E-state index is 12.5. The smallest absolute Gasteiger partial charge is 0.325 e. The number of aryl methyl sites for hydroxylation is 3. The van der Waals surface area contributed by atoms with Gasteiger partial charge >= 0.3 is 5.69 Å². The molecular formula is C25H36N6O2. The van der Waals surface area contributed by atoms with E-state index in [1.807, 2.05) is 30.1 Å². The van der Waals surface area contributed by atoms with Crippen LogP contribution in [0.4, 0.5) is 0 Å². The van der Waals surface area contributed by atoms with Crippen LogP contribution >= 0.6 is 0 Å². The molecule has 0 bridgehead atoms. The summed E-state index contributed by atoms with van der Waals surface area (Å²) in [4.78, 5) is 36.2. The lowest BCUT2D eigenvalue weighted by molar-refractivity contribution is 0.250. The largest absolute Gasteiger partial charge is 0.332 e. The van der Waals surface area contributed by atoms with Crippen molar-refractivity contribution in [2.24, 2.45) is 21.1 Å². The van der Waals surface area contributed by atoms with Gasteiger partial charge in [-0.3, -0.25) is 23.8 Å². The minimum absolute atomic E-state index is 0.280. The standard InChI is InChI=1S/C25H36N6O2/c1-28-21(27-23-22(28)24(32)30(3)25(33)29(23)2)14-8-6-4-5-7-9-16-31-17-11-13-20(31)19-12-10-15-26-18-19/h10,12,15,18,20H,4-9,11,13-14,16-17H2,1-3H3. The average molecular weight is 453 g/mol. The number of rotatable bonds is 10. The third-order valence-electron chi connectivity index (χ3n) is 7.10. The Morgan fingerprint density at radius 2 is 1.73 bits per heavy atom. The van der Waals surface area contributed by atoms with Crippen LogP contribution in [0.25, 0.3) is 11.2 Å². The number of pyridine rings is 1. The normalized spacial score (nSPS) is 16.8. The Morgan fingerprint density at radius 3 is 2.48 bits per heavy atom. The van der Waals surface area contributed by atoms with E-state index in [-0.39, 0.29) is 11.2 Å². The third kappa shape index (κ3) is 4.95. The molecule has 0 N–H and O–H groups in total. The van der Waals surface area contributed by atoms with Crippen molar-refractivity contribution >= 4 is 11.2 Å². The van der Waals surface area contributed by atoms with E-state index in [0.29, 0.717) is 17.2 Å². The van der Waals surface area contributed by atoms with Crippen molar-refractivity contribution in [3.63, 3.8) is 0 Å². The minimum atomic E-state index is -0.335. The predicted molar refractivity (Wildman–Crippen MR) is 130 cm³/mol. The molecular weight excluding hydrogens is 416 g/mol. The van der Waals surface area contributed by atoms with Crippen molar-refractivity contribution in [2.45, 2.75) is 63.8 Å². The van der Waals surface area contributed by atoms with Crippen LogP contribution in [0.1, 0.15) is 68.8 Å². The van der Waals surface area contributed by atoms with E-state index in [2.05, 4.69) is 20.9 Å². The highest BCUT2D eigenvalue weighted by atomic mass is 16.2. The number of nitrogens with zero attached hydrogens (tertiary/aromatic N) is 6. The quantitative estimate of drug-likeness (QED) is 0.442. The molecule has 8 heteroatoms. The third-order valence-corrected chi connectivity index (χ3v) is 7.10. The van der Waals surface area contributed by atoms with Gasteiger partial charge in [-0.2, -0.15) is 0 Å². The lowest BCUT2D eigenvalue weighted by Crippen LogP contribution is -2.37. The molecule has 0 saturated carbocycles. The van der Waals surface area contributed by atoms with Crippen LogP contribution in [0.2, 0.25) is 0 Å². The molecule has 1 aliphatic rings. The van der Waals surface area contributed by atoms with Gasteiger partial charge in [0.05, 0.1) is 0 Å². The summed E-state index contributed by atoms with van der Waals surface area (Å²) in [7, 11) is 5.05. The van der Waals surface area contributed by atoms with Crippen molar-refractivity contribution in [2.75, 3.05) is 13.1 Å². The zero-order valence-electron chi connectivity index (χ0n) is 20.2. The highest BCUT2D eigenvalue weighted by Crippen LogP contribution is 2.31. The van der Waals surface area contributed by atoms with Crippen molar-refractivity contribution in [3.8, 4) is 0 Å². The summed E-state index contributed by atoms with van der Waals surface area (Å²) in [6.07, 6.45) is 14.4. The fourth-order valence-electron chi connectivity index (χ4n) is 5.14. The molecule has 178 valence electrons. The van der Waals surface area contributed by atoms with Gasteiger partial charge in [-0.05, 0) is 50.4 Å². The first-order valence-electron chi connectivity index (χ1n) is 12.2. The number of fused-ring (bicyclic) bond motifs is 1. The predicted octanol–water partition coefficient (Wildman–Crippen LogP) is 3.09. The second-order valence-electron chi connectivity index (χ2n) is 9.32. The Bertz CT molecular complexity index is 1190. The lowest BCUT2D eigenvalue weighted by atomic mass is 10.1. The molecule has 1 atom stereocenters. The molecule has 0 amide bonds. The molecule has 33 heavy (non-hydrogen) atoms. The number of aromatic nitrogens is 5. The minimum Gasteiger partial charge on any atom is -0.325 e. The SMILES string of the molecule is Cn1c(=O)c2c(nc(CCCCCCCCN3CCCC3c3cccnc3)n2C)n(C)c1=O. The van der Waals surface area contributed by atoms with E-state index in [1.165, 1.54) is 68.8 Å². The zero-order chi connectivity index (χ0) is 23.4. The summed E-state index contributed by atoms with van der Waals surface area (Å²) in [5.41, 5.74) is 1.72.